The van der Waals surface area contributed by atoms with E-state index in [1.165, 1.54) is 6.42 Å². The Hall–Kier alpha value is -0.240. The van der Waals surface area contributed by atoms with Gasteiger partial charge in [-0.25, -0.2) is 0 Å². The van der Waals surface area contributed by atoms with Gasteiger partial charge in [0.25, 0.3) is 0 Å². The Balaban J connectivity index is 2.12. The lowest BCUT2D eigenvalue weighted by Crippen LogP contribution is -2.26. The first-order chi connectivity index (χ1) is 7.94. The predicted octanol–water partition coefficient (Wildman–Crippen LogP) is 4.83. The lowest BCUT2D eigenvalue weighted by atomic mass is 10.0. The van der Waals surface area contributed by atoms with Crippen molar-refractivity contribution < 1.29 is 0 Å². The number of rotatable bonds is 4. The Morgan fingerprint density at radius 3 is 2.53 bits per heavy atom. The highest BCUT2D eigenvalue weighted by Gasteiger charge is 2.46. The quantitative estimate of drug-likeness (QED) is 0.827. The van der Waals surface area contributed by atoms with Crippen molar-refractivity contribution in [3.63, 3.8) is 0 Å². The van der Waals surface area contributed by atoms with Gasteiger partial charge in [-0.3, -0.25) is 0 Å². The Morgan fingerprint density at radius 1 is 1.41 bits per heavy atom. The lowest BCUT2D eigenvalue weighted by molar-refractivity contribution is 0.461. The molecular weight excluding hydrogens is 253 g/mol. The van der Waals surface area contributed by atoms with Crippen LogP contribution in [0, 0.1) is 5.41 Å². The molecule has 1 N–H and O–H groups in total. The molecule has 1 fully saturated rings. The summed E-state index contributed by atoms with van der Waals surface area (Å²) in [5, 5.41) is 5.13. The largest absolute Gasteiger partial charge is 0.307 e. The molecule has 1 aliphatic rings. The topological polar surface area (TPSA) is 12.0 Å². The van der Waals surface area contributed by atoms with E-state index in [1.54, 1.807) is 0 Å². The molecule has 2 rings (SSSR count). The zero-order valence-electron chi connectivity index (χ0n) is 10.6. The monoisotopic (exact) mass is 271 g/mol. The number of halogens is 2. The molecule has 0 spiro atoms. The molecule has 2 unspecified atom stereocenters. The number of hydrogen-bond donors (Lipinski definition) is 1. The molecule has 3 heteroatoms. The Kier molecular flexibility index (Phi) is 3.72. The van der Waals surface area contributed by atoms with E-state index in [0.29, 0.717) is 22.5 Å². The van der Waals surface area contributed by atoms with Crippen LogP contribution in [-0.2, 0) is 0 Å². The van der Waals surface area contributed by atoms with Crippen LogP contribution >= 0.6 is 23.2 Å². The molecule has 0 radical (unpaired) electrons. The smallest absolute Gasteiger partial charge is 0.0468 e. The molecule has 2 atom stereocenters. The average Bonchev–Trinajstić information content (AvgIpc) is 2.83. The van der Waals surface area contributed by atoms with E-state index in [0.717, 1.165) is 17.0 Å². The van der Waals surface area contributed by atoms with Gasteiger partial charge in [0.05, 0.1) is 0 Å². The third kappa shape index (κ3) is 2.96. The molecule has 0 amide bonds. The van der Waals surface area contributed by atoms with Crippen LogP contribution in [0.3, 0.4) is 0 Å². The molecule has 1 aliphatic carbocycles. The zero-order chi connectivity index (χ0) is 12.6. The number of hydrogen-bond acceptors (Lipinski definition) is 1. The summed E-state index contributed by atoms with van der Waals surface area (Å²) in [6.07, 6.45) is 2.28. The first-order valence-electron chi connectivity index (χ1n) is 6.15. The van der Waals surface area contributed by atoms with Gasteiger partial charge >= 0.3 is 0 Å². The van der Waals surface area contributed by atoms with E-state index in [4.69, 9.17) is 23.2 Å². The van der Waals surface area contributed by atoms with Crippen molar-refractivity contribution in [2.24, 2.45) is 5.41 Å². The summed E-state index contributed by atoms with van der Waals surface area (Å²) in [6, 6.07) is 6.69. The third-order valence-electron chi connectivity index (χ3n) is 3.66. The van der Waals surface area contributed by atoms with Crippen LogP contribution in [0.25, 0.3) is 0 Å². The Bertz CT molecular complexity index is 415. The van der Waals surface area contributed by atoms with Crippen LogP contribution in [-0.4, -0.2) is 6.04 Å². The summed E-state index contributed by atoms with van der Waals surface area (Å²) in [7, 11) is 0. The van der Waals surface area contributed by atoms with Crippen molar-refractivity contribution >= 4 is 23.2 Å². The van der Waals surface area contributed by atoms with Crippen LogP contribution < -0.4 is 5.32 Å². The van der Waals surface area contributed by atoms with E-state index in [1.807, 2.05) is 18.2 Å². The van der Waals surface area contributed by atoms with Crippen LogP contribution in [0.1, 0.15) is 45.2 Å². The highest BCUT2D eigenvalue weighted by Crippen LogP contribution is 2.46. The van der Waals surface area contributed by atoms with Crippen LogP contribution in [0.15, 0.2) is 18.2 Å². The van der Waals surface area contributed by atoms with Crippen molar-refractivity contribution in [3.05, 3.63) is 33.8 Å². The summed E-state index contributed by atoms with van der Waals surface area (Å²) < 4.78 is 0. The fourth-order valence-corrected chi connectivity index (χ4v) is 2.75. The van der Waals surface area contributed by atoms with E-state index in [-0.39, 0.29) is 0 Å². The van der Waals surface area contributed by atoms with Crippen molar-refractivity contribution in [2.75, 3.05) is 0 Å². The maximum Gasteiger partial charge on any atom is 0.0468 e. The molecule has 0 heterocycles. The van der Waals surface area contributed by atoms with Crippen LogP contribution in [0.4, 0.5) is 0 Å². The van der Waals surface area contributed by atoms with Gasteiger partial charge in [0.2, 0.25) is 0 Å². The molecule has 0 saturated heterocycles. The summed E-state index contributed by atoms with van der Waals surface area (Å²) in [5.41, 5.74) is 1.59. The van der Waals surface area contributed by atoms with E-state index in [2.05, 4.69) is 26.1 Å². The fourth-order valence-electron chi connectivity index (χ4n) is 2.21. The normalized spacial score (nSPS) is 23.5. The average molecular weight is 272 g/mol. The molecule has 0 aromatic heterocycles. The Labute approximate surface area is 114 Å². The van der Waals surface area contributed by atoms with Crippen LogP contribution in [0.5, 0.6) is 0 Å². The number of nitrogens with one attached hydrogen (secondary N) is 1. The molecule has 0 aliphatic heterocycles. The first-order valence-corrected chi connectivity index (χ1v) is 6.90. The van der Waals surface area contributed by atoms with Gasteiger partial charge in [-0.15, -0.1) is 0 Å². The van der Waals surface area contributed by atoms with Gasteiger partial charge in [0.15, 0.2) is 0 Å². The highest BCUT2D eigenvalue weighted by atomic mass is 35.5. The van der Waals surface area contributed by atoms with Crippen molar-refractivity contribution in [1.82, 2.24) is 5.32 Å². The molecule has 0 bridgehead atoms. The van der Waals surface area contributed by atoms with Crippen molar-refractivity contribution in [1.29, 1.82) is 0 Å². The maximum absolute atomic E-state index is 6.25. The summed E-state index contributed by atoms with van der Waals surface area (Å²) in [4.78, 5) is 0. The van der Waals surface area contributed by atoms with E-state index in [9.17, 15) is 0 Å². The summed E-state index contributed by atoms with van der Waals surface area (Å²) in [5.74, 6) is 0. The second-order valence-corrected chi connectivity index (χ2v) is 6.38. The lowest BCUT2D eigenvalue weighted by Gasteiger charge is -2.20. The van der Waals surface area contributed by atoms with Crippen molar-refractivity contribution in [3.8, 4) is 0 Å². The van der Waals surface area contributed by atoms with Crippen LogP contribution in [0.2, 0.25) is 10.0 Å². The summed E-state index contributed by atoms with van der Waals surface area (Å²) >= 11 is 12.2. The second-order valence-electron chi connectivity index (χ2n) is 5.54. The molecule has 1 aromatic carbocycles. The SMILES string of the molecule is CCC(NC1CC1(C)C)c1ccc(Cl)cc1Cl. The Morgan fingerprint density at radius 2 is 2.06 bits per heavy atom. The number of benzene rings is 1. The predicted molar refractivity (Wildman–Crippen MR) is 74.8 cm³/mol. The van der Waals surface area contributed by atoms with Gasteiger partial charge in [0, 0.05) is 22.1 Å². The van der Waals surface area contributed by atoms with Gasteiger partial charge in [0.1, 0.15) is 0 Å². The minimum absolute atomic E-state index is 0.326. The zero-order valence-corrected chi connectivity index (χ0v) is 12.1. The van der Waals surface area contributed by atoms with Crippen molar-refractivity contribution in [2.45, 2.75) is 45.7 Å². The van der Waals surface area contributed by atoms with Gasteiger partial charge in [-0.2, -0.15) is 0 Å². The van der Waals surface area contributed by atoms with Gasteiger partial charge in [-0.05, 0) is 36.0 Å². The summed E-state index contributed by atoms with van der Waals surface area (Å²) in [6.45, 7) is 6.76. The van der Waals surface area contributed by atoms with Gasteiger partial charge < -0.3 is 5.32 Å². The minimum atomic E-state index is 0.326. The third-order valence-corrected chi connectivity index (χ3v) is 4.22. The molecule has 1 nitrogen and oxygen atoms in total. The molecule has 17 heavy (non-hydrogen) atoms. The van der Waals surface area contributed by atoms with E-state index < -0.39 is 0 Å². The molecule has 1 saturated carbocycles. The molecular formula is C14H19Cl2N. The maximum atomic E-state index is 6.25. The standard InChI is InChI=1S/C14H19Cl2N/c1-4-12(17-13-8-14(13,2)3)10-6-5-9(15)7-11(10)16/h5-7,12-13,17H,4,8H2,1-3H3. The highest BCUT2D eigenvalue weighted by molar-refractivity contribution is 6.35. The van der Waals surface area contributed by atoms with E-state index >= 15 is 0 Å². The fraction of sp³-hybridized carbons (Fsp3) is 0.571. The molecule has 1 aromatic rings. The molecule has 94 valence electrons. The first kappa shape index (κ1) is 13.2. The second kappa shape index (κ2) is 4.79. The minimum Gasteiger partial charge on any atom is -0.307 e. The van der Waals surface area contributed by atoms with Gasteiger partial charge in [-0.1, -0.05) is 50.0 Å².